The molecule has 0 atom stereocenters. The highest BCUT2D eigenvalue weighted by Gasteiger charge is 2.16. The first-order valence-electron chi connectivity index (χ1n) is 3.69. The smallest absolute Gasteiger partial charge is 0.0988 e. The fraction of sp³-hybridized carbons (Fsp3) is 0.875. The van der Waals surface area contributed by atoms with E-state index in [2.05, 4.69) is 5.32 Å². The lowest BCUT2D eigenvalue weighted by Gasteiger charge is -2.22. The maximum atomic E-state index is 7.56. The van der Waals surface area contributed by atoms with Crippen molar-refractivity contribution in [3.05, 3.63) is 0 Å². The Bertz CT molecular complexity index is 120. The highest BCUT2D eigenvalue weighted by atomic mass is 15.0. The third-order valence-electron chi connectivity index (χ3n) is 1.18. The van der Waals surface area contributed by atoms with Crippen molar-refractivity contribution < 1.29 is 0 Å². The zero-order valence-electron chi connectivity index (χ0n) is 7.58. The van der Waals surface area contributed by atoms with Gasteiger partial charge in [0.1, 0.15) is 0 Å². The molecule has 10 heavy (non-hydrogen) atoms. The summed E-state index contributed by atoms with van der Waals surface area (Å²) >= 11 is 0. The molecule has 0 unspecified atom stereocenters. The van der Waals surface area contributed by atoms with Gasteiger partial charge in [0.05, 0.1) is 5.84 Å². The normalized spacial score (nSPS) is 11.8. The topological polar surface area (TPSA) is 35.9 Å². The summed E-state index contributed by atoms with van der Waals surface area (Å²) in [6.07, 6.45) is 0. The van der Waals surface area contributed by atoms with Gasteiger partial charge in [0.25, 0.3) is 0 Å². The van der Waals surface area contributed by atoms with Crippen LogP contribution in [0.2, 0.25) is 0 Å². The van der Waals surface area contributed by atoms with Crippen molar-refractivity contribution in [1.29, 1.82) is 5.41 Å². The van der Waals surface area contributed by atoms with Crippen LogP contribution in [0.25, 0.3) is 0 Å². The Balaban J connectivity index is 3.87. The van der Waals surface area contributed by atoms with E-state index in [1.165, 1.54) is 0 Å². The van der Waals surface area contributed by atoms with Crippen LogP contribution < -0.4 is 5.32 Å². The van der Waals surface area contributed by atoms with E-state index < -0.39 is 0 Å². The van der Waals surface area contributed by atoms with E-state index in [9.17, 15) is 0 Å². The first kappa shape index (κ1) is 9.47. The summed E-state index contributed by atoms with van der Waals surface area (Å²) in [7, 11) is 0. The van der Waals surface area contributed by atoms with Crippen LogP contribution in [0.15, 0.2) is 0 Å². The highest BCUT2D eigenvalue weighted by Crippen LogP contribution is 2.12. The van der Waals surface area contributed by atoms with Gasteiger partial charge in [-0.3, -0.25) is 5.41 Å². The average molecular weight is 142 g/mol. The maximum absolute atomic E-state index is 7.56. The highest BCUT2D eigenvalue weighted by molar-refractivity contribution is 5.84. The first-order valence-corrected chi connectivity index (χ1v) is 3.69. The van der Waals surface area contributed by atoms with Crippen molar-refractivity contribution in [2.75, 3.05) is 0 Å². The van der Waals surface area contributed by atoms with Crippen LogP contribution in [0.3, 0.4) is 0 Å². The van der Waals surface area contributed by atoms with Gasteiger partial charge < -0.3 is 5.32 Å². The maximum Gasteiger partial charge on any atom is 0.0988 e. The van der Waals surface area contributed by atoms with Gasteiger partial charge in [0, 0.05) is 11.5 Å². The standard InChI is InChI=1S/C8H18N2/c1-6(2)10-7(9)8(3,4)5/h6H,1-5H3,(H2,9,10). The second-order valence-corrected chi connectivity index (χ2v) is 3.92. The third-order valence-corrected chi connectivity index (χ3v) is 1.18. The van der Waals surface area contributed by atoms with E-state index in [0.717, 1.165) is 0 Å². The molecule has 0 radical (unpaired) electrons. The van der Waals surface area contributed by atoms with Crippen LogP contribution in [0.5, 0.6) is 0 Å². The summed E-state index contributed by atoms with van der Waals surface area (Å²) in [6.45, 7) is 10.2. The summed E-state index contributed by atoms with van der Waals surface area (Å²) in [6, 6.07) is 0.367. The minimum Gasteiger partial charge on any atom is -0.371 e. The predicted molar refractivity (Wildman–Crippen MR) is 45.5 cm³/mol. The molecular formula is C8H18N2. The van der Waals surface area contributed by atoms with Gasteiger partial charge in [-0.1, -0.05) is 20.8 Å². The van der Waals surface area contributed by atoms with Crippen molar-refractivity contribution in [1.82, 2.24) is 5.32 Å². The Hall–Kier alpha value is -0.530. The lowest BCUT2D eigenvalue weighted by molar-refractivity contribution is 0.543. The van der Waals surface area contributed by atoms with Crippen LogP contribution in [0.4, 0.5) is 0 Å². The molecule has 2 heteroatoms. The molecule has 0 rings (SSSR count). The van der Waals surface area contributed by atoms with Gasteiger partial charge in [-0.05, 0) is 13.8 Å². The van der Waals surface area contributed by atoms with E-state index in [4.69, 9.17) is 5.41 Å². The molecule has 2 N–H and O–H groups in total. The molecule has 0 spiro atoms. The molecule has 0 saturated carbocycles. The van der Waals surface area contributed by atoms with E-state index >= 15 is 0 Å². The van der Waals surface area contributed by atoms with Gasteiger partial charge >= 0.3 is 0 Å². The summed E-state index contributed by atoms with van der Waals surface area (Å²) < 4.78 is 0. The summed E-state index contributed by atoms with van der Waals surface area (Å²) in [5.41, 5.74) is -0.0374. The summed E-state index contributed by atoms with van der Waals surface area (Å²) in [5, 5.41) is 10.6. The van der Waals surface area contributed by atoms with Crippen LogP contribution in [0.1, 0.15) is 34.6 Å². The van der Waals surface area contributed by atoms with E-state index in [-0.39, 0.29) is 5.41 Å². The first-order chi connectivity index (χ1) is 4.34. The van der Waals surface area contributed by atoms with Gasteiger partial charge in [0.2, 0.25) is 0 Å². The summed E-state index contributed by atoms with van der Waals surface area (Å²) in [5.74, 6) is 0.613. The minimum atomic E-state index is -0.0374. The zero-order valence-corrected chi connectivity index (χ0v) is 7.58. The molecule has 0 aliphatic carbocycles. The largest absolute Gasteiger partial charge is 0.371 e. The molecule has 2 nitrogen and oxygen atoms in total. The van der Waals surface area contributed by atoms with Crippen molar-refractivity contribution in [2.24, 2.45) is 5.41 Å². The molecule has 0 heterocycles. The van der Waals surface area contributed by atoms with Crippen LogP contribution in [-0.2, 0) is 0 Å². The molecule has 60 valence electrons. The third kappa shape index (κ3) is 3.49. The van der Waals surface area contributed by atoms with Crippen LogP contribution >= 0.6 is 0 Å². The van der Waals surface area contributed by atoms with Crippen molar-refractivity contribution in [3.8, 4) is 0 Å². The van der Waals surface area contributed by atoms with Gasteiger partial charge in [0.15, 0.2) is 0 Å². The van der Waals surface area contributed by atoms with Gasteiger partial charge in [-0.25, -0.2) is 0 Å². The molecule has 0 aromatic heterocycles. The Morgan fingerprint density at radius 3 is 1.80 bits per heavy atom. The molecule has 0 amide bonds. The fourth-order valence-corrected chi connectivity index (χ4v) is 0.505. The Labute approximate surface area is 63.5 Å². The summed E-state index contributed by atoms with van der Waals surface area (Å²) in [4.78, 5) is 0. The number of amidine groups is 1. The molecule has 0 bridgehead atoms. The molecule has 0 fully saturated rings. The van der Waals surface area contributed by atoms with Crippen LogP contribution in [0, 0.1) is 10.8 Å². The zero-order chi connectivity index (χ0) is 8.36. The van der Waals surface area contributed by atoms with E-state index in [0.29, 0.717) is 11.9 Å². The Kier molecular flexibility index (Phi) is 2.88. The monoisotopic (exact) mass is 142 g/mol. The quantitative estimate of drug-likeness (QED) is 0.426. The van der Waals surface area contributed by atoms with E-state index in [1.807, 2.05) is 34.6 Å². The molecule has 0 aromatic rings. The predicted octanol–water partition coefficient (Wildman–Crippen LogP) is 2.01. The molecule has 0 saturated heterocycles. The number of hydrogen-bond acceptors (Lipinski definition) is 1. The number of nitrogens with one attached hydrogen (secondary N) is 2. The molecule has 0 aliphatic rings. The second-order valence-electron chi connectivity index (χ2n) is 3.92. The van der Waals surface area contributed by atoms with E-state index in [1.54, 1.807) is 0 Å². The van der Waals surface area contributed by atoms with Crippen LogP contribution in [-0.4, -0.2) is 11.9 Å². The second kappa shape index (κ2) is 3.04. The lowest BCUT2D eigenvalue weighted by Crippen LogP contribution is -2.38. The van der Waals surface area contributed by atoms with Crippen molar-refractivity contribution >= 4 is 5.84 Å². The number of hydrogen-bond donors (Lipinski definition) is 2. The van der Waals surface area contributed by atoms with Gasteiger partial charge in [-0.15, -0.1) is 0 Å². The minimum absolute atomic E-state index is 0.0374. The molecular weight excluding hydrogens is 124 g/mol. The van der Waals surface area contributed by atoms with Crippen molar-refractivity contribution in [3.63, 3.8) is 0 Å². The molecule has 0 aromatic carbocycles. The Morgan fingerprint density at radius 1 is 1.30 bits per heavy atom. The van der Waals surface area contributed by atoms with Crippen molar-refractivity contribution in [2.45, 2.75) is 40.7 Å². The number of rotatable bonds is 1. The average Bonchev–Trinajstić information content (AvgIpc) is 1.60. The Morgan fingerprint density at radius 2 is 1.70 bits per heavy atom. The SMILES string of the molecule is CC(C)NC(=N)C(C)(C)C. The van der Waals surface area contributed by atoms with Gasteiger partial charge in [-0.2, -0.15) is 0 Å². The molecule has 0 aliphatic heterocycles. The lowest BCUT2D eigenvalue weighted by atomic mass is 9.95. The fourth-order valence-electron chi connectivity index (χ4n) is 0.505.